The molecular formula is C11H15N3O2S. The van der Waals surface area contributed by atoms with Crippen LogP contribution in [-0.4, -0.2) is 46.1 Å². The van der Waals surface area contributed by atoms with Gasteiger partial charge in [0, 0.05) is 18.5 Å². The van der Waals surface area contributed by atoms with Crippen LogP contribution >= 0.6 is 12.2 Å². The van der Waals surface area contributed by atoms with Crippen molar-refractivity contribution in [2.45, 2.75) is 18.8 Å². The molecule has 2 heterocycles. The first kappa shape index (κ1) is 12.2. The zero-order valence-corrected chi connectivity index (χ0v) is 10.5. The topological polar surface area (TPSA) is 69.2 Å². The van der Waals surface area contributed by atoms with E-state index < -0.39 is 5.97 Å². The number of hydrogen-bond donors (Lipinski definition) is 2. The van der Waals surface area contributed by atoms with Crippen LogP contribution in [0, 0.1) is 4.64 Å². The average molecular weight is 253 g/mol. The van der Waals surface area contributed by atoms with Crippen molar-refractivity contribution in [3.63, 3.8) is 0 Å². The molecule has 1 fully saturated rings. The molecule has 1 unspecified atom stereocenters. The molecule has 1 saturated heterocycles. The molecule has 1 aliphatic rings. The molecule has 1 aliphatic heterocycles. The predicted molar refractivity (Wildman–Crippen MR) is 65.9 cm³/mol. The predicted octanol–water partition coefficient (Wildman–Crippen LogP) is 1.65. The minimum absolute atomic E-state index is 0.119. The van der Waals surface area contributed by atoms with Gasteiger partial charge >= 0.3 is 5.97 Å². The van der Waals surface area contributed by atoms with E-state index in [1.807, 2.05) is 0 Å². The zero-order valence-electron chi connectivity index (χ0n) is 9.64. The monoisotopic (exact) mass is 253 g/mol. The lowest BCUT2D eigenvalue weighted by molar-refractivity contribution is 0.0689. The Hall–Kier alpha value is -1.27. The van der Waals surface area contributed by atoms with Gasteiger partial charge in [0.25, 0.3) is 0 Å². The molecular weight excluding hydrogens is 238 g/mol. The van der Waals surface area contributed by atoms with Gasteiger partial charge in [-0.2, -0.15) is 0 Å². The number of aromatic nitrogens is 2. The molecule has 17 heavy (non-hydrogen) atoms. The summed E-state index contributed by atoms with van der Waals surface area (Å²) in [6.07, 6.45) is 2.12. The normalized spacial score (nSPS) is 21.4. The largest absolute Gasteiger partial charge is 0.477 e. The third-order valence-corrected chi connectivity index (χ3v) is 3.21. The highest BCUT2D eigenvalue weighted by Crippen LogP contribution is 2.23. The first-order chi connectivity index (χ1) is 8.06. The van der Waals surface area contributed by atoms with E-state index in [4.69, 9.17) is 17.3 Å². The van der Waals surface area contributed by atoms with Crippen LogP contribution in [0.25, 0.3) is 0 Å². The first-order valence-corrected chi connectivity index (χ1v) is 6.00. The molecule has 0 bridgehead atoms. The quantitative estimate of drug-likeness (QED) is 0.784. The van der Waals surface area contributed by atoms with Gasteiger partial charge in [-0.3, -0.25) is 0 Å². The number of hydrogen-bond acceptors (Lipinski definition) is 4. The lowest BCUT2D eigenvalue weighted by Gasteiger charge is -2.29. The van der Waals surface area contributed by atoms with Crippen molar-refractivity contribution in [3.05, 3.63) is 22.2 Å². The summed E-state index contributed by atoms with van der Waals surface area (Å²) < 4.78 is 0.337. The summed E-state index contributed by atoms with van der Waals surface area (Å²) in [7, 11) is 2.06. The number of carboxylic acid groups (broad SMARTS) is 1. The summed E-state index contributed by atoms with van der Waals surface area (Å²) in [4.78, 5) is 20.3. The van der Waals surface area contributed by atoms with E-state index in [0.717, 1.165) is 25.9 Å². The lowest BCUT2D eigenvalue weighted by Crippen LogP contribution is -2.31. The van der Waals surface area contributed by atoms with E-state index >= 15 is 0 Å². The highest BCUT2D eigenvalue weighted by atomic mass is 32.1. The van der Waals surface area contributed by atoms with Crippen LogP contribution in [0.4, 0.5) is 0 Å². The second kappa shape index (κ2) is 4.93. The number of rotatable bonds is 2. The molecule has 5 nitrogen and oxygen atoms in total. The van der Waals surface area contributed by atoms with Gasteiger partial charge in [-0.15, -0.1) is 0 Å². The molecule has 1 aromatic heterocycles. The second-order valence-electron chi connectivity index (χ2n) is 4.42. The SMILES string of the molecule is CN1CCCC(c2nc(=S)cc(C(=O)O)[nH]2)C1. The number of piperidine rings is 1. The summed E-state index contributed by atoms with van der Waals surface area (Å²) in [5, 5.41) is 8.97. The molecule has 92 valence electrons. The maximum absolute atomic E-state index is 10.9. The lowest BCUT2D eigenvalue weighted by atomic mass is 9.97. The standard InChI is InChI=1S/C11H15N3O2S/c1-14-4-2-3-7(6-14)10-12-8(11(15)16)5-9(17)13-10/h5,7H,2-4,6H2,1H3,(H,15,16)(H,12,13,17). The Balaban J connectivity index is 2.31. The molecule has 0 aromatic carbocycles. The summed E-state index contributed by atoms with van der Waals surface area (Å²) in [5.74, 6) is -0.0554. The fourth-order valence-corrected chi connectivity index (χ4v) is 2.39. The maximum Gasteiger partial charge on any atom is 0.352 e. The van der Waals surface area contributed by atoms with Gasteiger partial charge in [0.15, 0.2) is 0 Å². The summed E-state index contributed by atoms with van der Waals surface area (Å²) in [6.45, 7) is 1.97. The van der Waals surface area contributed by atoms with Gasteiger partial charge < -0.3 is 15.0 Å². The average Bonchev–Trinajstić information content (AvgIpc) is 2.28. The zero-order chi connectivity index (χ0) is 12.4. The van der Waals surface area contributed by atoms with E-state index in [1.54, 1.807) is 0 Å². The van der Waals surface area contributed by atoms with Crippen molar-refractivity contribution in [1.82, 2.24) is 14.9 Å². The molecule has 2 rings (SSSR count). The van der Waals surface area contributed by atoms with Gasteiger partial charge in [-0.25, -0.2) is 9.78 Å². The van der Waals surface area contributed by atoms with Crippen LogP contribution in [0.15, 0.2) is 6.07 Å². The van der Waals surface area contributed by atoms with Gasteiger partial charge in [-0.05, 0) is 26.4 Å². The highest BCUT2D eigenvalue weighted by Gasteiger charge is 2.21. The Kier molecular flexibility index (Phi) is 3.54. The number of nitrogens with zero attached hydrogens (tertiary/aromatic N) is 2. The fourth-order valence-electron chi connectivity index (χ4n) is 2.17. The molecule has 0 aliphatic carbocycles. The molecule has 0 saturated carbocycles. The van der Waals surface area contributed by atoms with Crippen molar-refractivity contribution in [3.8, 4) is 0 Å². The second-order valence-corrected chi connectivity index (χ2v) is 4.84. The van der Waals surface area contributed by atoms with Crippen molar-refractivity contribution in [1.29, 1.82) is 0 Å². The number of H-pyrrole nitrogens is 1. The highest BCUT2D eigenvalue weighted by molar-refractivity contribution is 7.71. The molecule has 0 radical (unpaired) electrons. The van der Waals surface area contributed by atoms with Crippen molar-refractivity contribution in [2.24, 2.45) is 0 Å². The van der Waals surface area contributed by atoms with Gasteiger partial charge in [0.2, 0.25) is 0 Å². The van der Waals surface area contributed by atoms with Crippen LogP contribution < -0.4 is 0 Å². The Labute approximate surface area is 104 Å². The fraction of sp³-hybridized carbons (Fsp3) is 0.545. The molecule has 2 N–H and O–H groups in total. The van der Waals surface area contributed by atoms with E-state index in [2.05, 4.69) is 21.9 Å². The summed E-state index contributed by atoms with van der Waals surface area (Å²) >= 11 is 5.00. The molecule has 1 atom stereocenters. The van der Waals surface area contributed by atoms with Crippen LogP contribution in [-0.2, 0) is 0 Å². The van der Waals surface area contributed by atoms with E-state index in [1.165, 1.54) is 6.07 Å². The number of aromatic amines is 1. The van der Waals surface area contributed by atoms with Crippen LogP contribution in [0.5, 0.6) is 0 Å². The number of carboxylic acids is 1. The minimum Gasteiger partial charge on any atom is -0.477 e. The van der Waals surface area contributed by atoms with Gasteiger partial charge in [0.1, 0.15) is 16.2 Å². The molecule has 0 spiro atoms. The number of aromatic carboxylic acids is 1. The van der Waals surface area contributed by atoms with Crippen LogP contribution in [0.2, 0.25) is 0 Å². The molecule has 1 aromatic rings. The minimum atomic E-state index is -0.996. The van der Waals surface area contributed by atoms with E-state index in [0.29, 0.717) is 10.5 Å². The Bertz CT molecular complexity index is 486. The van der Waals surface area contributed by atoms with Crippen LogP contribution in [0.3, 0.4) is 0 Å². The molecule has 0 amide bonds. The van der Waals surface area contributed by atoms with Gasteiger partial charge in [-0.1, -0.05) is 12.2 Å². The smallest absolute Gasteiger partial charge is 0.352 e. The van der Waals surface area contributed by atoms with Crippen molar-refractivity contribution in [2.75, 3.05) is 20.1 Å². The van der Waals surface area contributed by atoms with Gasteiger partial charge in [0.05, 0.1) is 0 Å². The number of nitrogens with one attached hydrogen (secondary N) is 1. The van der Waals surface area contributed by atoms with Crippen molar-refractivity contribution < 1.29 is 9.90 Å². The molecule has 6 heteroatoms. The van der Waals surface area contributed by atoms with Crippen LogP contribution in [0.1, 0.15) is 35.1 Å². The number of likely N-dealkylation sites (tertiary alicyclic amines) is 1. The summed E-state index contributed by atoms with van der Waals surface area (Å²) in [6, 6.07) is 1.38. The summed E-state index contributed by atoms with van der Waals surface area (Å²) in [5.41, 5.74) is 0.119. The maximum atomic E-state index is 10.9. The van der Waals surface area contributed by atoms with Crippen molar-refractivity contribution >= 4 is 18.2 Å². The Morgan fingerprint density at radius 1 is 1.71 bits per heavy atom. The third-order valence-electron chi connectivity index (χ3n) is 3.00. The number of likely N-dealkylation sites (N-methyl/N-ethyl adjacent to an activating group) is 1. The van der Waals surface area contributed by atoms with E-state index in [9.17, 15) is 4.79 Å². The number of carbonyl (C=O) groups is 1. The third kappa shape index (κ3) is 2.89. The van der Waals surface area contributed by atoms with E-state index in [-0.39, 0.29) is 11.6 Å². The Morgan fingerprint density at radius 3 is 3.12 bits per heavy atom. The Morgan fingerprint density at radius 2 is 2.47 bits per heavy atom. The first-order valence-electron chi connectivity index (χ1n) is 5.59.